The van der Waals surface area contributed by atoms with Crippen LogP contribution in [-0.2, 0) is 11.3 Å². The van der Waals surface area contributed by atoms with Crippen LogP contribution in [0.4, 0.5) is 5.69 Å². The number of methoxy groups -OCH3 is 1. The highest BCUT2D eigenvalue weighted by Crippen LogP contribution is 2.31. The summed E-state index contributed by atoms with van der Waals surface area (Å²) in [6.07, 6.45) is 2.78. The van der Waals surface area contributed by atoms with Gasteiger partial charge in [-0.15, -0.1) is 0 Å². The van der Waals surface area contributed by atoms with Gasteiger partial charge in [-0.2, -0.15) is 0 Å². The topological polar surface area (TPSA) is 84.7 Å². The Kier molecular flexibility index (Phi) is 6.66. The number of nitrogens with two attached hydrogens (primary N) is 1. The van der Waals surface area contributed by atoms with Gasteiger partial charge in [0, 0.05) is 24.7 Å². The number of nitrogens with one attached hydrogen (secondary N) is 1. The van der Waals surface area contributed by atoms with Crippen LogP contribution in [0.25, 0.3) is 0 Å². The molecule has 6 nitrogen and oxygen atoms in total. The molecule has 0 radical (unpaired) electrons. The van der Waals surface area contributed by atoms with E-state index in [0.29, 0.717) is 36.6 Å². The third-order valence-corrected chi connectivity index (χ3v) is 4.81. The highest BCUT2D eigenvalue weighted by atomic mass is 16.5. The minimum absolute atomic E-state index is 0.192. The van der Waals surface area contributed by atoms with Gasteiger partial charge < -0.3 is 20.7 Å². The van der Waals surface area contributed by atoms with E-state index in [4.69, 9.17) is 10.5 Å². The quantitative estimate of drug-likeness (QED) is 0.699. The third kappa shape index (κ3) is 5.10. The van der Waals surface area contributed by atoms with Crippen molar-refractivity contribution in [3.05, 3.63) is 59.7 Å². The highest BCUT2D eigenvalue weighted by Gasteiger charge is 2.33. The number of amides is 2. The molecular formula is C22H27N3O3. The zero-order valence-corrected chi connectivity index (χ0v) is 16.2. The summed E-state index contributed by atoms with van der Waals surface area (Å²) >= 11 is 0. The van der Waals surface area contributed by atoms with Gasteiger partial charge in [0.05, 0.1) is 12.7 Å². The second-order valence-corrected chi connectivity index (χ2v) is 7.03. The Morgan fingerprint density at radius 2 is 1.86 bits per heavy atom. The van der Waals surface area contributed by atoms with Crippen LogP contribution in [-0.4, -0.2) is 36.9 Å². The summed E-state index contributed by atoms with van der Waals surface area (Å²) in [4.78, 5) is 26.8. The number of hydrogen-bond donors (Lipinski definition) is 2. The van der Waals surface area contributed by atoms with Crippen LogP contribution in [0.1, 0.15) is 35.2 Å². The molecule has 148 valence electrons. The number of carbonyl (C=O) groups is 2. The van der Waals surface area contributed by atoms with E-state index in [-0.39, 0.29) is 17.7 Å². The summed E-state index contributed by atoms with van der Waals surface area (Å²) in [5.41, 5.74) is 7.82. The minimum atomic E-state index is -0.223. The van der Waals surface area contributed by atoms with Gasteiger partial charge in [-0.05, 0) is 55.6 Å². The fourth-order valence-electron chi connectivity index (χ4n) is 3.08. The molecule has 1 aliphatic carbocycles. The maximum atomic E-state index is 12.5. The maximum absolute atomic E-state index is 12.5. The van der Waals surface area contributed by atoms with Crippen molar-refractivity contribution in [1.29, 1.82) is 0 Å². The van der Waals surface area contributed by atoms with Gasteiger partial charge in [0.2, 0.25) is 5.91 Å². The predicted molar refractivity (Wildman–Crippen MR) is 109 cm³/mol. The van der Waals surface area contributed by atoms with Crippen molar-refractivity contribution < 1.29 is 14.3 Å². The number of ether oxygens (including phenoxy) is 1. The number of rotatable bonds is 9. The van der Waals surface area contributed by atoms with Crippen LogP contribution in [0, 0.1) is 5.92 Å². The zero-order valence-electron chi connectivity index (χ0n) is 16.2. The van der Waals surface area contributed by atoms with E-state index in [0.717, 1.165) is 24.8 Å². The van der Waals surface area contributed by atoms with E-state index in [1.165, 1.54) is 0 Å². The number of nitrogens with zero attached hydrogens (tertiary/aromatic N) is 1. The number of benzene rings is 2. The van der Waals surface area contributed by atoms with Crippen molar-refractivity contribution in [2.75, 3.05) is 25.5 Å². The Labute approximate surface area is 165 Å². The van der Waals surface area contributed by atoms with Crippen LogP contribution in [0.5, 0.6) is 5.75 Å². The second-order valence-electron chi connectivity index (χ2n) is 7.03. The lowest BCUT2D eigenvalue weighted by atomic mass is 10.1. The number of anilines is 1. The zero-order chi connectivity index (χ0) is 19.9. The summed E-state index contributed by atoms with van der Waals surface area (Å²) in [5, 5.41) is 2.88. The smallest absolute Gasteiger partial charge is 0.259 e. The van der Waals surface area contributed by atoms with E-state index >= 15 is 0 Å². The van der Waals surface area contributed by atoms with Gasteiger partial charge in [0.1, 0.15) is 5.75 Å². The van der Waals surface area contributed by atoms with Gasteiger partial charge in [-0.3, -0.25) is 9.59 Å². The average molecular weight is 381 g/mol. The molecule has 1 saturated carbocycles. The minimum Gasteiger partial charge on any atom is -0.496 e. The Bertz CT molecular complexity index is 816. The van der Waals surface area contributed by atoms with Gasteiger partial charge >= 0.3 is 0 Å². The highest BCUT2D eigenvalue weighted by molar-refractivity contribution is 6.06. The molecule has 0 atom stereocenters. The van der Waals surface area contributed by atoms with Crippen LogP contribution < -0.4 is 15.8 Å². The Balaban J connectivity index is 1.63. The molecule has 0 aromatic heterocycles. The lowest BCUT2D eigenvalue weighted by molar-refractivity contribution is -0.133. The van der Waals surface area contributed by atoms with Gasteiger partial charge in [-0.25, -0.2) is 0 Å². The molecule has 0 spiro atoms. The van der Waals surface area contributed by atoms with Crippen molar-refractivity contribution in [3.63, 3.8) is 0 Å². The third-order valence-electron chi connectivity index (χ3n) is 4.81. The number of hydrogen-bond acceptors (Lipinski definition) is 4. The molecule has 28 heavy (non-hydrogen) atoms. The van der Waals surface area contributed by atoms with Crippen molar-refractivity contribution >= 4 is 17.5 Å². The molecule has 0 heterocycles. The predicted octanol–water partition coefficient (Wildman–Crippen LogP) is 3.03. The van der Waals surface area contributed by atoms with Crippen molar-refractivity contribution in [2.24, 2.45) is 11.7 Å². The summed E-state index contributed by atoms with van der Waals surface area (Å²) in [5.74, 6) is 0.726. The summed E-state index contributed by atoms with van der Waals surface area (Å²) in [7, 11) is 1.54. The largest absolute Gasteiger partial charge is 0.496 e. The van der Waals surface area contributed by atoms with E-state index in [1.807, 2.05) is 35.2 Å². The van der Waals surface area contributed by atoms with Crippen molar-refractivity contribution in [3.8, 4) is 5.75 Å². The fourth-order valence-corrected chi connectivity index (χ4v) is 3.08. The molecule has 2 aromatic carbocycles. The second kappa shape index (κ2) is 9.37. The first-order chi connectivity index (χ1) is 13.6. The molecule has 0 aliphatic heterocycles. The molecule has 0 bridgehead atoms. The fraction of sp³-hybridized carbons (Fsp3) is 0.364. The van der Waals surface area contributed by atoms with Gasteiger partial charge in [0.15, 0.2) is 0 Å². The van der Waals surface area contributed by atoms with Gasteiger partial charge in [0.25, 0.3) is 5.91 Å². The maximum Gasteiger partial charge on any atom is 0.259 e. The van der Waals surface area contributed by atoms with E-state index in [1.54, 1.807) is 25.3 Å². The summed E-state index contributed by atoms with van der Waals surface area (Å²) in [6.45, 7) is 1.82. The molecule has 3 N–H and O–H groups in total. The molecule has 3 rings (SSSR count). The molecule has 1 fully saturated rings. The Morgan fingerprint density at radius 3 is 2.50 bits per heavy atom. The number of carbonyl (C=O) groups excluding carboxylic acids is 2. The van der Waals surface area contributed by atoms with Crippen LogP contribution >= 0.6 is 0 Å². The molecular weight excluding hydrogens is 354 g/mol. The summed E-state index contributed by atoms with van der Waals surface area (Å²) in [6, 6.07) is 14.7. The summed E-state index contributed by atoms with van der Waals surface area (Å²) < 4.78 is 5.24. The monoisotopic (exact) mass is 381 g/mol. The molecule has 0 unspecified atom stereocenters. The van der Waals surface area contributed by atoms with Crippen LogP contribution in [0.15, 0.2) is 48.5 Å². The molecule has 2 amide bonds. The van der Waals surface area contributed by atoms with Crippen molar-refractivity contribution in [1.82, 2.24) is 4.90 Å². The van der Waals surface area contributed by atoms with Crippen LogP contribution in [0.3, 0.4) is 0 Å². The van der Waals surface area contributed by atoms with Gasteiger partial charge in [-0.1, -0.05) is 24.3 Å². The van der Waals surface area contributed by atoms with Crippen molar-refractivity contribution in [2.45, 2.75) is 25.8 Å². The first-order valence-corrected chi connectivity index (χ1v) is 9.64. The standard InChI is InChI=1S/C22H27N3O3/c1-28-20-6-3-2-5-19(20)21(26)24-18-11-7-16(8-12-18)15-25(14-4-13-23)22(27)17-9-10-17/h2-3,5-8,11-12,17H,4,9-10,13-15,23H2,1H3,(H,24,26). The first kappa shape index (κ1) is 19.9. The number of para-hydroxylation sites is 1. The first-order valence-electron chi connectivity index (χ1n) is 9.64. The normalized spacial score (nSPS) is 13.1. The average Bonchev–Trinajstić information content (AvgIpc) is 3.57. The molecule has 2 aromatic rings. The lowest BCUT2D eigenvalue weighted by Gasteiger charge is -2.23. The van der Waals surface area contributed by atoms with E-state index in [9.17, 15) is 9.59 Å². The molecule has 0 saturated heterocycles. The Morgan fingerprint density at radius 1 is 1.14 bits per heavy atom. The lowest BCUT2D eigenvalue weighted by Crippen LogP contribution is -2.33. The molecule has 1 aliphatic rings. The SMILES string of the molecule is COc1ccccc1C(=O)Nc1ccc(CN(CCCN)C(=O)C2CC2)cc1. The molecule has 6 heteroatoms. The van der Waals surface area contributed by atoms with E-state index < -0.39 is 0 Å². The van der Waals surface area contributed by atoms with Crippen LogP contribution in [0.2, 0.25) is 0 Å². The Hall–Kier alpha value is -2.86. The van der Waals surface area contributed by atoms with E-state index in [2.05, 4.69) is 5.32 Å².